The number of ether oxygens (including phenoxy) is 2. The number of Topliss-reactive ketones (excluding diaryl/α,β-unsaturated/α-hetero) is 3. The van der Waals surface area contributed by atoms with Gasteiger partial charge >= 0.3 is 47.5 Å². The summed E-state index contributed by atoms with van der Waals surface area (Å²) in [6.45, 7) is 39.6. The van der Waals surface area contributed by atoms with Gasteiger partial charge < -0.3 is 62.9 Å². The van der Waals surface area contributed by atoms with E-state index in [0.717, 1.165) is 73.4 Å². The van der Waals surface area contributed by atoms with Crippen molar-refractivity contribution in [3.63, 3.8) is 0 Å². The predicted octanol–water partition coefficient (Wildman–Crippen LogP) is 7.21. The Bertz CT molecular complexity index is 2200. The third-order valence-electron chi connectivity index (χ3n) is 23.0. The van der Waals surface area contributed by atoms with Crippen molar-refractivity contribution in [1.82, 2.24) is 35.1 Å². The Balaban J connectivity index is -0.000000367. The summed E-state index contributed by atoms with van der Waals surface area (Å²) in [5.74, 6) is 9.92. The van der Waals surface area contributed by atoms with E-state index >= 15 is 0 Å². The Kier molecular flexibility index (Phi) is 74.1. The molecule has 4 aliphatic heterocycles. The summed E-state index contributed by atoms with van der Waals surface area (Å²) in [6.07, 6.45) is 20.4. The van der Waals surface area contributed by atoms with E-state index in [-0.39, 0.29) is 222 Å². The van der Waals surface area contributed by atoms with E-state index in [0.29, 0.717) is 84.8 Å². The molecule has 21 nitrogen and oxygen atoms in total. The van der Waals surface area contributed by atoms with Crippen LogP contribution >= 0.6 is 23.2 Å². The quantitative estimate of drug-likeness (QED) is 0.0189. The number of nitrogens with one attached hydrogen (secondary N) is 2. The largest absolute Gasteiger partial charge is 1.00 e. The number of methoxy groups -OCH3 is 2. The van der Waals surface area contributed by atoms with Gasteiger partial charge in [0, 0.05) is 227 Å². The first-order valence-electron chi connectivity index (χ1n) is 37.5. The van der Waals surface area contributed by atoms with Crippen molar-refractivity contribution in [2.24, 2.45) is 82.9 Å². The first-order chi connectivity index (χ1) is 46.9. The summed E-state index contributed by atoms with van der Waals surface area (Å²) in [4.78, 5) is 88.4. The first-order valence-corrected chi connectivity index (χ1v) is 38.6. The van der Waals surface area contributed by atoms with E-state index in [1.54, 1.807) is 20.9 Å². The molecule has 28 heteroatoms. The average molecular weight is 2150 g/mol. The summed E-state index contributed by atoms with van der Waals surface area (Å²) in [7, 11) is 12.1. The third-order valence-corrected chi connectivity index (χ3v) is 23.5. The fourth-order valence-corrected chi connectivity index (χ4v) is 14.8. The molecule has 15 atom stereocenters. The Hall–Kier alpha value is 2.62. The third kappa shape index (κ3) is 47.9. The number of aldehydes is 1. The van der Waals surface area contributed by atoms with E-state index in [4.69, 9.17) is 48.6 Å². The van der Waals surface area contributed by atoms with Gasteiger partial charge in [0.25, 0.3) is 0 Å². The number of aliphatic hydroxyl groups excluding tert-OH is 1. The number of alkyl halides is 2. The van der Waals surface area contributed by atoms with E-state index in [1.165, 1.54) is 150 Å². The number of esters is 2. The molecule has 0 aromatic heterocycles. The smallest absolute Gasteiger partial charge is 0.715 e. The second-order valence-corrected chi connectivity index (χ2v) is 31.6. The van der Waals surface area contributed by atoms with Crippen molar-refractivity contribution in [2.75, 3.05) is 126 Å². The standard InChI is InChI=1S/C18H34N2O2.C17H32N2O2.C13H23NO.C7H12O2.C7H10O2.C6H13N.C5H11NO2.C2H4Cl2.3Ac.BHO.Na.H2O2/c1-13-6-8-20(9-7-13)12-16-11-17(10-14(16)2)19(4)15(3)18(21)22-5;1-12-5-7-19(8-6-12)11-15-10-16(9-13(15)2)18(4)14(3)17(20)21;1-10-3-5-14(6-4-10)9-12-8-13(15)7-11(12)2;2*1-5-2-7(9)3-6(5)4-8;1-6-2-4-7-5-3-6;1-4(6-2)5(7)8-3;3-1-2-4;;;;1-2;;1-2/h13-17H,6-12H2,1-5H3;12-16H,5-11H2,1-4H3,(H,20,21);10-12H,3-9H2,1-2H3;5-6,8H,2-4H2,1H3;4-6H,2-3H2,1H3;6-7H,2-5H2,1H3;4,6H,1-3H3;1-2H2;;;;2H;;1-2H/q;;;;;;;;;;;-1;+1;/t14-,15?,16+,17?;13-,14?,15+,16?;11-,12+;2*5-,6+;;;;;;;;;/m00000........./s1. The van der Waals surface area contributed by atoms with Crippen LogP contribution in [-0.4, -0.2) is 256 Å². The van der Waals surface area contributed by atoms with Gasteiger partial charge in [-0.2, -0.15) is 0 Å². The van der Waals surface area contributed by atoms with Crippen LogP contribution in [0.3, 0.4) is 0 Å². The topological polar surface area (TPSA) is 279 Å². The van der Waals surface area contributed by atoms with Crippen molar-refractivity contribution in [3.8, 4) is 0 Å². The zero-order chi connectivity index (χ0) is 75.5. The number of carboxylic acid groups (broad SMARTS) is 1. The minimum absolute atomic E-state index is 0. The second-order valence-electron chi connectivity index (χ2n) is 30.8. The fraction of sp³-hybridized carbons (Fsp3) is 0.907. The number of ketones is 3. The molecule has 0 spiro atoms. The summed E-state index contributed by atoms with van der Waals surface area (Å²) in [5.41, 5.74) is 0. The monoisotopic (exact) mass is 2150 g/mol. The van der Waals surface area contributed by atoms with Gasteiger partial charge in [0.15, 0.2) is 0 Å². The number of piperidine rings is 4. The van der Waals surface area contributed by atoms with Crippen LogP contribution in [0.25, 0.3) is 0 Å². The Morgan fingerprint density at radius 3 is 1.12 bits per heavy atom. The number of halogens is 2. The molecule has 9 rings (SSSR count). The van der Waals surface area contributed by atoms with Crippen LogP contribution < -0.4 is 40.2 Å². The number of nitrogens with zero attached hydrogens (tertiary/aromatic N) is 5. The molecule has 0 amide bonds. The maximum atomic E-state index is 11.7. The maximum absolute atomic E-state index is 11.7. The number of rotatable bonds is 17. The van der Waals surface area contributed by atoms with Crippen LogP contribution in [0.2, 0.25) is 0 Å². The van der Waals surface area contributed by atoms with Crippen LogP contribution in [0.5, 0.6) is 0 Å². The van der Waals surface area contributed by atoms with E-state index in [1.807, 2.05) is 27.8 Å². The van der Waals surface area contributed by atoms with Gasteiger partial charge in [-0.25, -0.2) is 0 Å². The zero-order valence-corrected chi connectivity index (χ0v) is 85.1. The molecule has 4 saturated heterocycles. The summed E-state index contributed by atoms with van der Waals surface area (Å²) >= 11 is 10.1. The van der Waals surface area contributed by atoms with E-state index in [9.17, 15) is 38.7 Å². The molecular formula is C75H142Ac3BCl2N7NaO14. The fourth-order valence-electron chi connectivity index (χ4n) is 14.8. The van der Waals surface area contributed by atoms with Gasteiger partial charge in [0.2, 0.25) is 0 Å². The van der Waals surface area contributed by atoms with Gasteiger partial charge in [-0.3, -0.25) is 49.1 Å². The second kappa shape index (κ2) is 66.9. The Labute approximate surface area is 765 Å². The predicted molar refractivity (Wildman–Crippen MR) is 400 cm³/mol. The molecule has 5 saturated carbocycles. The Morgan fingerprint density at radius 2 is 0.874 bits per heavy atom. The zero-order valence-electron chi connectivity index (χ0n) is 67.4. The molecular weight excluding hydrogens is 2010 g/mol. The SMILES string of the molecule is CC1CCN(C[C@H]2CC(=O)C[C@@H]2C)CC1.CC1CCN(C[C@H]2CC(N(C)C(C)C(=O)O)C[C@@H]2C)CC1.CC1CCNCC1.CNC(C)C(=O)OC.COC(=O)C(C)N(C)C1C[C@H](CN2CCC(C)CC2)[C@@H](C)C1.C[C@H]1CC(=O)C[C@@H]1C=O.C[C@H]1CC(=O)C[C@@H]1CO.ClCCCl.OO.[Ac].[Ac].[Ac].[B-]O.[Na+]. The van der Waals surface area contributed by atoms with Crippen LogP contribution in [-0.2, 0) is 43.0 Å². The summed E-state index contributed by atoms with van der Waals surface area (Å²) in [6, 6.07) is 0.228. The van der Waals surface area contributed by atoms with Crippen molar-refractivity contribution < 1.29 is 231 Å². The van der Waals surface area contributed by atoms with E-state index < -0.39 is 5.97 Å². The molecule has 7 N–H and O–H groups in total. The molecule has 0 bridgehead atoms. The molecule has 5 unspecified atom stereocenters. The minimum Gasteiger partial charge on any atom is -0.715 e. The van der Waals surface area contributed by atoms with Crippen LogP contribution in [0.1, 0.15) is 199 Å². The van der Waals surface area contributed by atoms with Gasteiger partial charge in [0.05, 0.1) is 14.2 Å². The summed E-state index contributed by atoms with van der Waals surface area (Å²) < 4.78 is 9.29. The van der Waals surface area contributed by atoms with Crippen molar-refractivity contribution in [1.29, 1.82) is 0 Å². The Morgan fingerprint density at radius 1 is 0.544 bits per heavy atom. The molecule has 6 radical (unpaired) electrons. The van der Waals surface area contributed by atoms with E-state index in [2.05, 4.69) is 103 Å². The number of carbonyl (C=O) groups is 7. The van der Waals surface area contributed by atoms with Gasteiger partial charge in [0.1, 0.15) is 41.8 Å². The molecule has 0 aromatic carbocycles. The van der Waals surface area contributed by atoms with Crippen molar-refractivity contribution in [3.05, 3.63) is 0 Å². The minimum atomic E-state index is -0.710. The first kappa shape index (κ1) is 114. The van der Waals surface area contributed by atoms with Gasteiger partial charge in [-0.05, 0) is 248 Å². The van der Waals surface area contributed by atoms with Crippen molar-refractivity contribution in [2.45, 2.75) is 229 Å². The van der Waals surface area contributed by atoms with Crippen LogP contribution in [0.15, 0.2) is 0 Å². The van der Waals surface area contributed by atoms with Crippen LogP contribution in [0.4, 0.5) is 0 Å². The molecule has 5 aliphatic carbocycles. The molecule has 9 fully saturated rings. The molecule has 4 heterocycles. The summed E-state index contributed by atoms with van der Waals surface area (Å²) in [5, 5.41) is 42.4. The van der Waals surface area contributed by atoms with Gasteiger partial charge in [-0.1, -0.05) is 62.3 Å². The molecule has 9 aliphatic rings. The van der Waals surface area contributed by atoms with Crippen molar-refractivity contribution >= 4 is 72.8 Å². The number of carbonyl (C=O) groups excluding carboxylic acids is 6. The molecule has 103 heavy (non-hydrogen) atoms. The average Bonchev–Trinajstić information content (AvgIpc) is 1.70. The molecule has 588 valence electrons. The number of aliphatic hydroxyl groups is 1. The normalized spacial score (nSPS) is 28.1. The number of likely N-dealkylation sites (N-methyl/N-ethyl adjacent to an activating group) is 3. The van der Waals surface area contributed by atoms with Crippen LogP contribution in [0, 0.1) is 215 Å². The van der Waals surface area contributed by atoms with Gasteiger partial charge in [-0.15, -0.1) is 23.2 Å². The number of hydrogen-bond acceptors (Lipinski definition) is 20. The number of aliphatic carboxylic acids is 1. The molecule has 0 aromatic rings. The number of carboxylic acids is 1. The maximum Gasteiger partial charge on any atom is 1.00 e. The number of hydrogen-bond donors (Lipinski definition) is 7. The number of likely N-dealkylation sites (tertiary alicyclic amines) is 3.